The summed E-state index contributed by atoms with van der Waals surface area (Å²) in [4.78, 5) is 3.43. The average Bonchev–Trinajstić information content (AvgIpc) is 2.75. The Kier molecular flexibility index (Phi) is 2.88. The van der Waals surface area contributed by atoms with Crippen molar-refractivity contribution in [3.8, 4) is 5.75 Å². The van der Waals surface area contributed by atoms with E-state index in [1.165, 1.54) is 0 Å². The number of hydrogen-bond donors (Lipinski definition) is 2. The predicted molar refractivity (Wildman–Crippen MR) is 76.5 cm³/mol. The number of phenolic OH excluding ortho intramolecular Hbond substituents is 1. The molecule has 1 heterocycles. The lowest BCUT2D eigenvalue weighted by Crippen LogP contribution is -1.88. The van der Waals surface area contributed by atoms with Gasteiger partial charge in [-0.15, -0.1) is 11.6 Å². The summed E-state index contributed by atoms with van der Waals surface area (Å²) in [5.74, 6) is 0.953. The molecule has 0 bridgehead atoms. The molecule has 0 amide bonds. The van der Waals surface area contributed by atoms with Crippen LogP contribution >= 0.6 is 11.6 Å². The molecule has 0 aliphatic heterocycles. The van der Waals surface area contributed by atoms with Gasteiger partial charge in [-0.2, -0.15) is 0 Å². The third-order valence-corrected chi connectivity index (χ3v) is 3.53. The number of rotatable bonds is 3. The zero-order chi connectivity index (χ0) is 12.5. The Labute approximate surface area is 110 Å². The zero-order valence-electron chi connectivity index (χ0n) is 9.91. The first-order valence-electron chi connectivity index (χ1n) is 6.08. The normalized spacial score (nSPS) is 11.4. The van der Waals surface area contributed by atoms with E-state index in [2.05, 4.69) is 17.1 Å². The molecule has 18 heavy (non-hydrogen) atoms. The lowest BCUT2D eigenvalue weighted by atomic mass is 10.0. The summed E-state index contributed by atoms with van der Waals surface area (Å²) in [6.45, 7) is 0. The van der Waals surface area contributed by atoms with Crippen LogP contribution in [0.25, 0.3) is 21.8 Å². The van der Waals surface area contributed by atoms with Gasteiger partial charge in [0.2, 0.25) is 0 Å². The second kappa shape index (κ2) is 4.54. The van der Waals surface area contributed by atoms with Crippen LogP contribution in [0.1, 0.15) is 12.0 Å². The lowest BCUT2D eigenvalue weighted by Gasteiger charge is -2.03. The number of para-hydroxylation sites is 1. The standard InChI is InChI=1S/C15H14ClNO/c16-7-3-4-10-8-11(18)9-13-12-5-1-2-6-14(12)17-15(10)13/h1-2,5-6,8-9,17-18H,3-4,7H2. The lowest BCUT2D eigenvalue weighted by molar-refractivity contribution is 0.475. The molecule has 92 valence electrons. The Morgan fingerprint density at radius 2 is 1.94 bits per heavy atom. The van der Waals surface area contributed by atoms with Crippen molar-refractivity contribution in [2.45, 2.75) is 12.8 Å². The van der Waals surface area contributed by atoms with Crippen LogP contribution in [0, 0.1) is 0 Å². The Morgan fingerprint density at radius 3 is 2.78 bits per heavy atom. The Bertz CT molecular complexity index is 702. The van der Waals surface area contributed by atoms with Gasteiger partial charge in [0, 0.05) is 27.7 Å². The Balaban J connectivity index is 2.29. The second-order valence-electron chi connectivity index (χ2n) is 4.49. The van der Waals surface area contributed by atoms with Gasteiger partial charge >= 0.3 is 0 Å². The molecule has 1 aromatic heterocycles. The highest BCUT2D eigenvalue weighted by atomic mass is 35.5. The number of aromatic hydroxyl groups is 1. The number of fused-ring (bicyclic) bond motifs is 3. The molecule has 2 aromatic carbocycles. The highest BCUT2D eigenvalue weighted by Crippen LogP contribution is 2.31. The van der Waals surface area contributed by atoms with Gasteiger partial charge in [-0.1, -0.05) is 18.2 Å². The van der Waals surface area contributed by atoms with Crippen LogP contribution in [0.5, 0.6) is 5.75 Å². The fourth-order valence-electron chi connectivity index (χ4n) is 2.46. The number of hydrogen-bond acceptors (Lipinski definition) is 1. The summed E-state index contributed by atoms with van der Waals surface area (Å²) in [7, 11) is 0. The number of benzene rings is 2. The van der Waals surface area contributed by atoms with Crippen LogP contribution in [0.15, 0.2) is 36.4 Å². The largest absolute Gasteiger partial charge is 0.508 e. The molecular formula is C15H14ClNO. The predicted octanol–water partition coefficient (Wildman–Crippen LogP) is 4.20. The molecule has 0 spiro atoms. The fraction of sp³-hybridized carbons (Fsp3) is 0.200. The third-order valence-electron chi connectivity index (χ3n) is 3.26. The van der Waals surface area contributed by atoms with Crippen molar-refractivity contribution in [3.05, 3.63) is 42.0 Å². The molecule has 0 radical (unpaired) electrons. The van der Waals surface area contributed by atoms with E-state index in [-0.39, 0.29) is 0 Å². The van der Waals surface area contributed by atoms with E-state index in [1.54, 1.807) is 0 Å². The van der Waals surface area contributed by atoms with E-state index in [4.69, 9.17) is 11.6 Å². The van der Waals surface area contributed by atoms with Gasteiger partial charge in [0.05, 0.1) is 0 Å². The van der Waals surface area contributed by atoms with Crippen LogP contribution in [0.2, 0.25) is 0 Å². The molecule has 3 aromatic rings. The number of alkyl halides is 1. The first-order valence-corrected chi connectivity index (χ1v) is 6.61. The van der Waals surface area contributed by atoms with Crippen LogP contribution in [-0.4, -0.2) is 16.0 Å². The number of nitrogens with one attached hydrogen (secondary N) is 1. The third kappa shape index (κ3) is 1.83. The number of aryl methyl sites for hydroxylation is 1. The van der Waals surface area contributed by atoms with Crippen molar-refractivity contribution in [2.24, 2.45) is 0 Å². The van der Waals surface area contributed by atoms with Gasteiger partial charge in [0.15, 0.2) is 0 Å². The maximum atomic E-state index is 9.84. The van der Waals surface area contributed by atoms with Crippen LogP contribution in [-0.2, 0) is 6.42 Å². The van der Waals surface area contributed by atoms with Crippen molar-refractivity contribution < 1.29 is 5.11 Å². The summed E-state index contributed by atoms with van der Waals surface area (Å²) in [6, 6.07) is 11.8. The highest BCUT2D eigenvalue weighted by Gasteiger charge is 2.09. The van der Waals surface area contributed by atoms with Crippen molar-refractivity contribution in [3.63, 3.8) is 0 Å². The Morgan fingerprint density at radius 1 is 1.11 bits per heavy atom. The minimum atomic E-state index is 0.317. The van der Waals surface area contributed by atoms with Crippen LogP contribution in [0.4, 0.5) is 0 Å². The first-order chi connectivity index (χ1) is 8.79. The van der Waals surface area contributed by atoms with Crippen molar-refractivity contribution in [1.82, 2.24) is 4.98 Å². The molecule has 0 unspecified atom stereocenters. The van der Waals surface area contributed by atoms with Gasteiger partial charge < -0.3 is 10.1 Å². The fourth-order valence-corrected chi connectivity index (χ4v) is 2.60. The molecule has 0 aliphatic carbocycles. The zero-order valence-corrected chi connectivity index (χ0v) is 10.7. The number of phenols is 1. The summed E-state index contributed by atoms with van der Waals surface area (Å²) in [5, 5.41) is 12.1. The highest BCUT2D eigenvalue weighted by molar-refractivity contribution is 6.17. The number of aromatic amines is 1. The summed E-state index contributed by atoms with van der Waals surface area (Å²) in [5.41, 5.74) is 3.34. The second-order valence-corrected chi connectivity index (χ2v) is 4.87. The molecule has 0 fully saturated rings. The Hall–Kier alpha value is -1.67. The quantitative estimate of drug-likeness (QED) is 0.680. The van der Waals surface area contributed by atoms with Crippen molar-refractivity contribution in [1.29, 1.82) is 0 Å². The van der Waals surface area contributed by atoms with Gasteiger partial charge in [0.1, 0.15) is 5.75 Å². The minimum absolute atomic E-state index is 0.317. The van der Waals surface area contributed by atoms with Crippen LogP contribution < -0.4 is 0 Å². The van der Waals surface area contributed by atoms with E-state index >= 15 is 0 Å². The first kappa shape index (κ1) is 11.4. The molecule has 0 saturated heterocycles. The van der Waals surface area contributed by atoms with Gasteiger partial charge in [-0.05, 0) is 36.6 Å². The number of H-pyrrole nitrogens is 1. The van der Waals surface area contributed by atoms with E-state index in [0.717, 1.165) is 40.2 Å². The molecule has 2 nitrogen and oxygen atoms in total. The smallest absolute Gasteiger partial charge is 0.116 e. The average molecular weight is 260 g/mol. The maximum absolute atomic E-state index is 9.84. The molecule has 3 rings (SSSR count). The van der Waals surface area contributed by atoms with Crippen LogP contribution in [0.3, 0.4) is 0 Å². The topological polar surface area (TPSA) is 36.0 Å². The SMILES string of the molecule is Oc1cc(CCCCl)c2[nH]c3ccccc3c2c1. The molecule has 3 heteroatoms. The molecular weight excluding hydrogens is 246 g/mol. The van der Waals surface area contributed by atoms with Gasteiger partial charge in [-0.3, -0.25) is 0 Å². The summed E-state index contributed by atoms with van der Waals surface area (Å²) >= 11 is 5.75. The maximum Gasteiger partial charge on any atom is 0.116 e. The van der Waals surface area contributed by atoms with E-state index < -0.39 is 0 Å². The summed E-state index contributed by atoms with van der Waals surface area (Å²) < 4.78 is 0. The number of aromatic nitrogens is 1. The number of halogens is 1. The van der Waals surface area contributed by atoms with E-state index in [9.17, 15) is 5.11 Å². The van der Waals surface area contributed by atoms with Gasteiger partial charge in [-0.25, -0.2) is 0 Å². The van der Waals surface area contributed by atoms with E-state index in [0.29, 0.717) is 11.6 Å². The molecule has 0 saturated carbocycles. The van der Waals surface area contributed by atoms with Crippen molar-refractivity contribution >= 4 is 33.4 Å². The minimum Gasteiger partial charge on any atom is -0.508 e. The molecule has 0 aliphatic rings. The summed E-state index contributed by atoms with van der Waals surface area (Å²) in [6.07, 6.45) is 1.79. The van der Waals surface area contributed by atoms with E-state index in [1.807, 2.05) is 24.3 Å². The van der Waals surface area contributed by atoms with Gasteiger partial charge in [0.25, 0.3) is 0 Å². The molecule has 0 atom stereocenters. The monoisotopic (exact) mass is 259 g/mol. The molecule has 2 N–H and O–H groups in total. The van der Waals surface area contributed by atoms with Crippen molar-refractivity contribution in [2.75, 3.05) is 5.88 Å².